The van der Waals surface area contributed by atoms with Gasteiger partial charge in [-0.15, -0.1) is 11.3 Å². The van der Waals surface area contributed by atoms with E-state index in [1.165, 1.54) is 23.1 Å². The maximum Gasteiger partial charge on any atom is 0.228 e. The predicted molar refractivity (Wildman–Crippen MR) is 92.6 cm³/mol. The van der Waals surface area contributed by atoms with E-state index in [0.717, 1.165) is 4.34 Å². The first-order chi connectivity index (χ1) is 10.1. The van der Waals surface area contributed by atoms with Crippen molar-refractivity contribution in [2.24, 2.45) is 4.99 Å². The highest BCUT2D eigenvalue weighted by Gasteiger charge is 2.22. The number of aliphatic imine (C=N–C) groups is 1. The molecule has 0 saturated carbocycles. The Bertz CT molecular complexity index is 574. The lowest BCUT2D eigenvalue weighted by Gasteiger charge is -2.20. The van der Waals surface area contributed by atoms with Gasteiger partial charge in [-0.1, -0.05) is 11.8 Å². The molecule has 1 amide bonds. The van der Waals surface area contributed by atoms with Crippen LogP contribution < -0.4 is 5.32 Å². The van der Waals surface area contributed by atoms with Gasteiger partial charge in [0.2, 0.25) is 5.91 Å². The van der Waals surface area contributed by atoms with Gasteiger partial charge in [0.05, 0.1) is 12.8 Å². The number of Topliss-reactive ketones (excluding diaryl/α,β-unsaturated/α-hetero) is 1. The second kappa shape index (κ2) is 7.73. The summed E-state index contributed by atoms with van der Waals surface area (Å²) in [5, 5.41) is 2.78. The Balaban J connectivity index is 2.92. The first kappa shape index (κ1) is 18.6. The van der Waals surface area contributed by atoms with Crippen LogP contribution in [0.2, 0.25) is 0 Å². The topological polar surface area (TPSA) is 74.7 Å². The number of rotatable bonds is 6. The molecule has 0 aromatic carbocycles. The van der Waals surface area contributed by atoms with Crippen molar-refractivity contribution >= 4 is 46.9 Å². The molecule has 22 heavy (non-hydrogen) atoms. The zero-order valence-electron chi connectivity index (χ0n) is 13.8. The minimum absolute atomic E-state index is 0.197. The first-order valence-corrected chi connectivity index (χ1v) is 8.76. The number of amides is 1. The lowest BCUT2D eigenvalue weighted by atomic mass is 10.1. The van der Waals surface area contributed by atoms with Gasteiger partial charge in [0.15, 0.2) is 15.9 Å². The van der Waals surface area contributed by atoms with Crippen LogP contribution >= 0.6 is 23.1 Å². The number of thiazole rings is 1. The lowest BCUT2D eigenvalue weighted by molar-refractivity contribution is -0.121. The number of thioether (sulfide) groups is 1. The molecule has 122 valence electrons. The van der Waals surface area contributed by atoms with Gasteiger partial charge in [0, 0.05) is 19.6 Å². The largest absolute Gasteiger partial charge is 0.369 e. The van der Waals surface area contributed by atoms with Crippen LogP contribution in [0, 0.1) is 0 Å². The van der Waals surface area contributed by atoms with E-state index in [-0.39, 0.29) is 23.7 Å². The normalized spacial score (nSPS) is 11.7. The van der Waals surface area contributed by atoms with Crippen molar-refractivity contribution in [2.75, 3.05) is 20.4 Å². The molecule has 0 bridgehead atoms. The van der Waals surface area contributed by atoms with Crippen molar-refractivity contribution in [1.29, 1.82) is 0 Å². The summed E-state index contributed by atoms with van der Waals surface area (Å²) in [6.45, 7) is 5.63. The van der Waals surface area contributed by atoms with E-state index in [0.29, 0.717) is 10.7 Å². The summed E-state index contributed by atoms with van der Waals surface area (Å²) in [7, 11) is 3.67. The van der Waals surface area contributed by atoms with Crippen LogP contribution in [-0.4, -0.2) is 53.8 Å². The summed E-state index contributed by atoms with van der Waals surface area (Å²) in [5.41, 5.74) is -0.360. The highest BCUT2D eigenvalue weighted by atomic mass is 32.2. The fourth-order valence-corrected chi connectivity index (χ4v) is 2.95. The van der Waals surface area contributed by atoms with Gasteiger partial charge in [-0.3, -0.25) is 9.59 Å². The number of carbonyl (C=O) groups is 2. The van der Waals surface area contributed by atoms with E-state index >= 15 is 0 Å². The number of nitrogens with zero attached hydrogens (tertiary/aromatic N) is 3. The Kier molecular flexibility index (Phi) is 6.55. The molecule has 0 radical (unpaired) electrons. The Morgan fingerprint density at radius 3 is 2.55 bits per heavy atom. The smallest absolute Gasteiger partial charge is 0.228 e. The summed E-state index contributed by atoms with van der Waals surface area (Å²) in [5.74, 6) is -0.179. The fraction of sp³-hybridized carbons (Fsp3) is 0.571. The van der Waals surface area contributed by atoms with Gasteiger partial charge in [0.25, 0.3) is 0 Å². The quantitative estimate of drug-likeness (QED) is 0.283. The predicted octanol–water partition coefficient (Wildman–Crippen LogP) is 2.57. The highest BCUT2D eigenvalue weighted by molar-refractivity contribution is 8.00. The molecule has 0 atom stereocenters. The molecule has 0 aliphatic heterocycles. The summed E-state index contributed by atoms with van der Waals surface area (Å²) in [6, 6.07) is 0. The minimum Gasteiger partial charge on any atom is -0.369 e. The molecule has 0 fully saturated rings. The monoisotopic (exact) mass is 342 g/mol. The van der Waals surface area contributed by atoms with Crippen LogP contribution in [-0.2, 0) is 4.79 Å². The van der Waals surface area contributed by atoms with Crippen LogP contribution in [0.15, 0.2) is 9.33 Å². The van der Waals surface area contributed by atoms with E-state index in [2.05, 4.69) is 15.3 Å². The Morgan fingerprint density at radius 2 is 2.05 bits per heavy atom. The molecule has 0 aliphatic carbocycles. The summed E-state index contributed by atoms with van der Waals surface area (Å²) in [6.07, 6.45) is 3.28. The third-order valence-electron chi connectivity index (χ3n) is 2.26. The van der Waals surface area contributed by atoms with Gasteiger partial charge < -0.3 is 10.2 Å². The molecule has 1 aromatic heterocycles. The summed E-state index contributed by atoms with van der Waals surface area (Å²) < 4.78 is 0.755. The molecule has 1 aromatic rings. The first-order valence-electron chi connectivity index (χ1n) is 6.72. The SMILES string of the molecule is CSc1nc(N=CN(C)C)c(C(=O)CC(=O)NC(C)(C)C)s1. The number of hydrogen-bond donors (Lipinski definition) is 1. The fourth-order valence-electron chi connectivity index (χ4n) is 1.51. The van der Waals surface area contributed by atoms with Gasteiger partial charge >= 0.3 is 0 Å². The molecule has 0 spiro atoms. The third-order valence-corrected chi connectivity index (χ3v) is 4.33. The van der Waals surface area contributed by atoms with Crippen molar-refractivity contribution in [3.05, 3.63) is 4.88 Å². The van der Waals surface area contributed by atoms with Crippen LogP contribution in [0.5, 0.6) is 0 Å². The number of aromatic nitrogens is 1. The maximum absolute atomic E-state index is 12.3. The molecule has 8 heteroatoms. The van der Waals surface area contributed by atoms with E-state index in [1.54, 1.807) is 11.2 Å². The van der Waals surface area contributed by atoms with Crippen LogP contribution in [0.1, 0.15) is 36.9 Å². The van der Waals surface area contributed by atoms with E-state index in [9.17, 15) is 9.59 Å². The Morgan fingerprint density at radius 1 is 1.41 bits per heavy atom. The minimum atomic E-state index is -0.360. The van der Waals surface area contributed by atoms with Crippen LogP contribution in [0.3, 0.4) is 0 Å². The Labute approximate surface area is 139 Å². The van der Waals surface area contributed by atoms with E-state index in [1.807, 2.05) is 41.1 Å². The Hall–Kier alpha value is -1.41. The molecule has 1 rings (SSSR count). The van der Waals surface area contributed by atoms with Gasteiger partial charge in [-0.05, 0) is 27.0 Å². The van der Waals surface area contributed by atoms with Gasteiger partial charge in [-0.2, -0.15) is 0 Å². The van der Waals surface area contributed by atoms with Crippen molar-refractivity contribution in [2.45, 2.75) is 37.1 Å². The highest BCUT2D eigenvalue weighted by Crippen LogP contribution is 2.31. The summed E-state index contributed by atoms with van der Waals surface area (Å²) >= 11 is 2.72. The molecule has 0 unspecified atom stereocenters. The zero-order valence-corrected chi connectivity index (χ0v) is 15.4. The van der Waals surface area contributed by atoms with Crippen molar-refractivity contribution in [3.63, 3.8) is 0 Å². The number of ketones is 1. The van der Waals surface area contributed by atoms with Gasteiger partial charge in [-0.25, -0.2) is 9.98 Å². The molecule has 1 N–H and O–H groups in total. The number of hydrogen-bond acceptors (Lipinski definition) is 6. The average molecular weight is 342 g/mol. The standard InChI is InChI=1S/C14H22N4O2S2/c1-14(2,3)17-10(20)7-9(19)11-12(15-8-18(4)5)16-13(21-6)22-11/h8H,7H2,1-6H3,(H,17,20). The van der Waals surface area contributed by atoms with Crippen LogP contribution in [0.4, 0.5) is 5.82 Å². The zero-order chi connectivity index (χ0) is 16.9. The number of carbonyl (C=O) groups excluding carboxylic acids is 2. The summed E-state index contributed by atoms with van der Waals surface area (Å²) in [4.78, 5) is 34.9. The van der Waals surface area contributed by atoms with E-state index in [4.69, 9.17) is 0 Å². The molecular weight excluding hydrogens is 320 g/mol. The van der Waals surface area contributed by atoms with Crippen molar-refractivity contribution in [1.82, 2.24) is 15.2 Å². The molecule has 6 nitrogen and oxygen atoms in total. The molecular formula is C14H22N4O2S2. The molecule has 0 aliphatic rings. The maximum atomic E-state index is 12.3. The van der Waals surface area contributed by atoms with E-state index < -0.39 is 0 Å². The van der Waals surface area contributed by atoms with Crippen molar-refractivity contribution < 1.29 is 9.59 Å². The molecule has 0 saturated heterocycles. The second-order valence-corrected chi connectivity index (χ2v) is 8.00. The number of nitrogens with one attached hydrogen (secondary N) is 1. The molecule has 1 heterocycles. The van der Waals surface area contributed by atoms with Crippen LogP contribution in [0.25, 0.3) is 0 Å². The lowest BCUT2D eigenvalue weighted by Crippen LogP contribution is -2.41. The van der Waals surface area contributed by atoms with Crippen molar-refractivity contribution in [3.8, 4) is 0 Å². The third kappa shape index (κ3) is 6.15. The average Bonchev–Trinajstić information content (AvgIpc) is 2.77. The second-order valence-electron chi connectivity index (χ2n) is 5.94. The van der Waals surface area contributed by atoms with Gasteiger partial charge in [0.1, 0.15) is 4.88 Å².